The van der Waals surface area contributed by atoms with E-state index in [2.05, 4.69) is 254 Å². The first-order chi connectivity index (χ1) is 39.3. The van der Waals surface area contributed by atoms with E-state index in [1.807, 2.05) is 0 Å². The third-order valence-electron chi connectivity index (χ3n) is 18.1. The Morgan fingerprint density at radius 2 is 0.625 bits per heavy atom. The SMILES string of the molecule is CCCCCCC1(CCCCCC)c2ccccc2-c2ccc(/C(=C/c3ccc(Br)cc3)c3ccc(-c4ccc(/C(=C\c5ccc(Br)cc5)c5ccc6c(c5)C(CCCCCC)(CCCCCC)c5ccccc5-6)cc4)cc3)cc21. The second-order valence-corrected chi connectivity index (χ2v) is 25.2. The van der Waals surface area contributed by atoms with Crippen LogP contribution in [-0.4, -0.2) is 0 Å². The van der Waals surface area contributed by atoms with Crippen LogP contribution in [0.5, 0.6) is 0 Å². The lowest BCUT2D eigenvalue weighted by molar-refractivity contribution is 0.401. The molecular weight excluding hydrogens is 1100 g/mol. The van der Waals surface area contributed by atoms with Crippen LogP contribution in [0.1, 0.15) is 212 Å². The van der Waals surface area contributed by atoms with Crippen molar-refractivity contribution in [1.29, 1.82) is 0 Å². The van der Waals surface area contributed by atoms with E-state index >= 15 is 0 Å². The number of hydrogen-bond acceptors (Lipinski definition) is 0. The second-order valence-electron chi connectivity index (χ2n) is 23.4. The van der Waals surface area contributed by atoms with E-state index in [1.165, 1.54) is 217 Å². The van der Waals surface area contributed by atoms with Gasteiger partial charge in [-0.05, 0) is 174 Å². The maximum atomic E-state index is 3.71. The predicted molar refractivity (Wildman–Crippen MR) is 354 cm³/mol. The van der Waals surface area contributed by atoms with Gasteiger partial charge in [0, 0.05) is 19.8 Å². The van der Waals surface area contributed by atoms with E-state index < -0.39 is 0 Å². The van der Waals surface area contributed by atoms with Gasteiger partial charge < -0.3 is 0 Å². The second kappa shape index (κ2) is 27.3. The molecule has 0 saturated heterocycles. The molecule has 0 radical (unpaired) electrons. The number of fused-ring (bicyclic) bond motifs is 6. The third-order valence-corrected chi connectivity index (χ3v) is 19.1. The van der Waals surface area contributed by atoms with E-state index in [0.29, 0.717) is 0 Å². The van der Waals surface area contributed by atoms with E-state index in [4.69, 9.17) is 0 Å². The highest BCUT2D eigenvalue weighted by Gasteiger charge is 2.44. The summed E-state index contributed by atoms with van der Waals surface area (Å²) >= 11 is 7.42. The van der Waals surface area contributed by atoms with Crippen LogP contribution in [0, 0.1) is 0 Å². The molecule has 0 nitrogen and oxygen atoms in total. The summed E-state index contributed by atoms with van der Waals surface area (Å²) < 4.78 is 2.19. The van der Waals surface area contributed by atoms with Crippen molar-refractivity contribution in [2.75, 3.05) is 0 Å². The summed E-state index contributed by atoms with van der Waals surface area (Å²) in [4.78, 5) is 0. The number of benzene rings is 8. The summed E-state index contributed by atoms with van der Waals surface area (Å²) in [7, 11) is 0. The van der Waals surface area contributed by atoms with Gasteiger partial charge in [0.05, 0.1) is 0 Å². The van der Waals surface area contributed by atoms with Crippen molar-refractivity contribution in [1.82, 2.24) is 0 Å². The first-order valence-corrected chi connectivity index (χ1v) is 32.5. The zero-order chi connectivity index (χ0) is 55.3. The first kappa shape index (κ1) is 57.4. The van der Waals surface area contributed by atoms with Crippen LogP contribution < -0.4 is 0 Å². The molecule has 80 heavy (non-hydrogen) atoms. The standard InChI is InChI=1S/C78H84Br2/c1-5-9-13-21-49-77(50-22-14-10-6-2)73-27-19-17-25-67(73)69-47-41-63(55-75(69)77)71(53-57-29-43-65(79)44-30-57)61-37-33-59(34-38-61)60-35-39-62(40-36-60)72(54-58-31-45-66(80)46-32-58)64-42-48-70-68-26-18-20-28-74(68)78(76(70)56-64,51-23-15-11-7-3)52-24-16-12-8-4/h17-20,25-48,53-56H,5-16,21-24,49-52H2,1-4H3/b71-53+,72-54+. The molecule has 8 aromatic rings. The lowest BCUT2D eigenvalue weighted by Crippen LogP contribution is -2.25. The van der Waals surface area contributed by atoms with E-state index in [-0.39, 0.29) is 10.8 Å². The van der Waals surface area contributed by atoms with Crippen LogP contribution in [0.3, 0.4) is 0 Å². The van der Waals surface area contributed by atoms with Gasteiger partial charge in [0.1, 0.15) is 0 Å². The first-order valence-electron chi connectivity index (χ1n) is 30.9. The Bertz CT molecular complexity index is 3120. The Morgan fingerprint density at radius 1 is 0.312 bits per heavy atom. The highest BCUT2D eigenvalue weighted by molar-refractivity contribution is 9.10. The molecule has 0 atom stereocenters. The van der Waals surface area contributed by atoms with Crippen molar-refractivity contribution in [2.24, 2.45) is 0 Å². The van der Waals surface area contributed by atoms with Crippen molar-refractivity contribution in [2.45, 2.75) is 167 Å². The number of rotatable bonds is 27. The van der Waals surface area contributed by atoms with Crippen LogP contribution >= 0.6 is 31.9 Å². The van der Waals surface area contributed by atoms with E-state index in [0.717, 1.165) is 8.95 Å². The summed E-state index contributed by atoms with van der Waals surface area (Å²) in [5.74, 6) is 0. The molecule has 0 aromatic heterocycles. The van der Waals surface area contributed by atoms with Gasteiger partial charge >= 0.3 is 0 Å². The van der Waals surface area contributed by atoms with Gasteiger partial charge in [0.25, 0.3) is 0 Å². The summed E-state index contributed by atoms with van der Waals surface area (Å²) in [5.41, 5.74) is 24.3. The van der Waals surface area contributed by atoms with Crippen molar-refractivity contribution in [3.05, 3.63) is 247 Å². The molecule has 0 heterocycles. The van der Waals surface area contributed by atoms with Gasteiger partial charge in [-0.2, -0.15) is 0 Å². The molecule has 0 amide bonds. The molecule has 10 rings (SSSR count). The quantitative estimate of drug-likeness (QED) is 0.0356. The highest BCUT2D eigenvalue weighted by Crippen LogP contribution is 2.57. The monoisotopic (exact) mass is 1180 g/mol. The molecule has 0 unspecified atom stereocenters. The van der Waals surface area contributed by atoms with Crippen LogP contribution in [0.4, 0.5) is 0 Å². The maximum absolute atomic E-state index is 3.71. The van der Waals surface area contributed by atoms with Crippen LogP contribution in [0.15, 0.2) is 191 Å². The molecule has 0 fully saturated rings. The van der Waals surface area contributed by atoms with Gasteiger partial charge in [0.2, 0.25) is 0 Å². The molecule has 8 aromatic carbocycles. The van der Waals surface area contributed by atoms with Crippen LogP contribution in [-0.2, 0) is 10.8 Å². The fourth-order valence-corrected chi connectivity index (χ4v) is 14.3. The Hall–Kier alpha value is -5.80. The number of halogens is 2. The Balaban J connectivity index is 1.01. The van der Waals surface area contributed by atoms with Crippen LogP contribution in [0.2, 0.25) is 0 Å². The zero-order valence-corrected chi connectivity index (χ0v) is 51.5. The molecule has 2 aliphatic carbocycles. The van der Waals surface area contributed by atoms with Gasteiger partial charge in [-0.3, -0.25) is 0 Å². The molecule has 0 aliphatic heterocycles. The van der Waals surface area contributed by atoms with E-state index in [1.54, 1.807) is 11.1 Å². The predicted octanol–water partition coefficient (Wildman–Crippen LogP) is 24.5. The minimum Gasteiger partial charge on any atom is -0.0654 e. The minimum atomic E-state index is 0.0220. The van der Waals surface area contributed by atoms with Gasteiger partial charge in [-0.15, -0.1) is 0 Å². The van der Waals surface area contributed by atoms with Crippen molar-refractivity contribution in [3.63, 3.8) is 0 Å². The Kier molecular flexibility index (Phi) is 19.6. The summed E-state index contributed by atoms with van der Waals surface area (Å²) in [6, 6.07) is 70.0. The molecule has 0 N–H and O–H groups in total. The van der Waals surface area contributed by atoms with Gasteiger partial charge in [0.15, 0.2) is 0 Å². The van der Waals surface area contributed by atoms with Crippen molar-refractivity contribution >= 4 is 55.2 Å². The number of unbranched alkanes of at least 4 members (excludes halogenated alkanes) is 12. The largest absolute Gasteiger partial charge is 0.0654 e. The average Bonchev–Trinajstić information content (AvgIpc) is 3.39. The van der Waals surface area contributed by atoms with Gasteiger partial charge in [-0.1, -0.05) is 308 Å². The van der Waals surface area contributed by atoms with E-state index in [9.17, 15) is 0 Å². The van der Waals surface area contributed by atoms with Gasteiger partial charge in [-0.25, -0.2) is 0 Å². The Morgan fingerprint density at radius 3 is 0.963 bits per heavy atom. The molecule has 0 bridgehead atoms. The molecule has 2 aliphatic rings. The fourth-order valence-electron chi connectivity index (χ4n) is 13.8. The summed E-state index contributed by atoms with van der Waals surface area (Å²) in [6.45, 7) is 9.32. The zero-order valence-electron chi connectivity index (χ0n) is 48.4. The lowest BCUT2D eigenvalue weighted by Gasteiger charge is -2.33. The minimum absolute atomic E-state index is 0.0220. The molecular formula is C78H84Br2. The molecule has 410 valence electrons. The Labute approximate surface area is 498 Å². The fraction of sp³-hybridized carbons (Fsp3) is 0.333. The maximum Gasteiger partial charge on any atom is 0.0215 e. The van der Waals surface area contributed by atoms with Crippen molar-refractivity contribution < 1.29 is 0 Å². The number of hydrogen-bond donors (Lipinski definition) is 0. The molecule has 0 spiro atoms. The van der Waals surface area contributed by atoms with Crippen LogP contribution in [0.25, 0.3) is 56.7 Å². The topological polar surface area (TPSA) is 0 Å². The molecule has 0 saturated carbocycles. The third kappa shape index (κ3) is 12.6. The highest BCUT2D eigenvalue weighted by atomic mass is 79.9. The smallest absolute Gasteiger partial charge is 0.0215 e. The van der Waals surface area contributed by atoms with Crippen molar-refractivity contribution in [3.8, 4) is 33.4 Å². The molecule has 2 heteroatoms. The summed E-state index contributed by atoms with van der Waals surface area (Å²) in [6.07, 6.45) is 30.1. The average molecular weight is 1180 g/mol. The lowest BCUT2D eigenvalue weighted by atomic mass is 9.70. The summed E-state index contributed by atoms with van der Waals surface area (Å²) in [5, 5.41) is 0. The normalized spacial score (nSPS) is 14.0.